The van der Waals surface area contributed by atoms with E-state index in [9.17, 15) is 0 Å². The van der Waals surface area contributed by atoms with Gasteiger partial charge in [0.05, 0.1) is 0 Å². The van der Waals surface area contributed by atoms with Crippen LogP contribution >= 0.6 is 0 Å². The average molecular weight is 160 g/mol. The van der Waals surface area contributed by atoms with Crippen LogP contribution in [0.5, 0.6) is 0 Å². The molecule has 2 rings (SSSR count). The van der Waals surface area contributed by atoms with Gasteiger partial charge in [-0.25, -0.2) is 0 Å². The highest BCUT2D eigenvalue weighted by atomic mass is 16.5. The van der Waals surface area contributed by atoms with Crippen molar-refractivity contribution in [1.29, 1.82) is 0 Å². The first-order valence-corrected chi connectivity index (χ1v) is 4.13. The topological polar surface area (TPSA) is 9.23 Å². The Morgan fingerprint density at radius 2 is 2.17 bits per heavy atom. The van der Waals surface area contributed by atoms with E-state index < -0.39 is 0 Å². The van der Waals surface area contributed by atoms with Crippen LogP contribution in [0.4, 0.5) is 0 Å². The van der Waals surface area contributed by atoms with Crippen LogP contribution < -0.4 is 0 Å². The van der Waals surface area contributed by atoms with Crippen LogP contribution in [-0.4, -0.2) is 7.11 Å². The van der Waals surface area contributed by atoms with Crippen molar-refractivity contribution in [2.75, 3.05) is 7.11 Å². The molecule has 0 aliphatic heterocycles. The van der Waals surface area contributed by atoms with Gasteiger partial charge in [-0.2, -0.15) is 0 Å². The Hall–Kier alpha value is -1.08. The highest BCUT2D eigenvalue weighted by molar-refractivity contribution is 5.63. The lowest BCUT2D eigenvalue weighted by Crippen LogP contribution is -1.97. The monoisotopic (exact) mass is 160 g/mol. The molecule has 1 aromatic rings. The summed E-state index contributed by atoms with van der Waals surface area (Å²) < 4.78 is 5.33. The number of aryl methyl sites for hydroxylation is 1. The van der Waals surface area contributed by atoms with E-state index in [1.807, 2.05) is 0 Å². The van der Waals surface area contributed by atoms with Gasteiger partial charge in [0.25, 0.3) is 0 Å². The van der Waals surface area contributed by atoms with Gasteiger partial charge in [0, 0.05) is 7.11 Å². The predicted molar refractivity (Wildman–Crippen MR) is 50.0 cm³/mol. The van der Waals surface area contributed by atoms with Crippen molar-refractivity contribution in [3.63, 3.8) is 0 Å². The van der Waals surface area contributed by atoms with Gasteiger partial charge >= 0.3 is 0 Å². The van der Waals surface area contributed by atoms with Crippen LogP contribution in [0.3, 0.4) is 0 Å². The molecule has 0 amide bonds. The molecular formula is C11H12O. The molecule has 0 heterocycles. The summed E-state index contributed by atoms with van der Waals surface area (Å²) in [6.07, 6.45) is 4.38. The van der Waals surface area contributed by atoms with E-state index in [0.717, 1.165) is 0 Å². The van der Waals surface area contributed by atoms with E-state index in [1.165, 1.54) is 16.7 Å². The molecular weight excluding hydrogens is 148 g/mol. The third-order valence-electron chi connectivity index (χ3n) is 2.35. The molecule has 12 heavy (non-hydrogen) atoms. The SMILES string of the molecule is COC1C=Cc2cccc(C)c21. The zero-order chi connectivity index (χ0) is 8.55. The Morgan fingerprint density at radius 1 is 1.33 bits per heavy atom. The second-order valence-corrected chi connectivity index (χ2v) is 3.09. The van der Waals surface area contributed by atoms with Gasteiger partial charge in [-0.3, -0.25) is 0 Å². The summed E-state index contributed by atoms with van der Waals surface area (Å²) in [5.74, 6) is 0. The Morgan fingerprint density at radius 3 is 2.92 bits per heavy atom. The quantitative estimate of drug-likeness (QED) is 0.613. The number of benzene rings is 1. The second-order valence-electron chi connectivity index (χ2n) is 3.09. The third kappa shape index (κ3) is 0.978. The molecule has 1 aliphatic carbocycles. The van der Waals surface area contributed by atoms with Crippen LogP contribution in [0, 0.1) is 6.92 Å². The van der Waals surface area contributed by atoms with E-state index in [0.29, 0.717) is 0 Å². The van der Waals surface area contributed by atoms with Crippen LogP contribution in [0.25, 0.3) is 6.08 Å². The molecule has 0 aromatic heterocycles. The highest BCUT2D eigenvalue weighted by Gasteiger charge is 2.17. The average Bonchev–Trinajstić information content (AvgIpc) is 2.49. The van der Waals surface area contributed by atoms with Crippen molar-refractivity contribution in [2.45, 2.75) is 13.0 Å². The summed E-state index contributed by atoms with van der Waals surface area (Å²) in [5.41, 5.74) is 3.92. The van der Waals surface area contributed by atoms with Gasteiger partial charge < -0.3 is 4.74 Å². The summed E-state index contributed by atoms with van der Waals surface area (Å²) in [6.45, 7) is 2.12. The Labute approximate surface area is 72.7 Å². The zero-order valence-electron chi connectivity index (χ0n) is 7.37. The number of fused-ring (bicyclic) bond motifs is 1. The molecule has 1 unspecified atom stereocenters. The van der Waals surface area contributed by atoms with Gasteiger partial charge in [-0.05, 0) is 23.6 Å². The second kappa shape index (κ2) is 2.76. The molecule has 1 heteroatoms. The van der Waals surface area contributed by atoms with E-state index in [-0.39, 0.29) is 6.10 Å². The molecule has 1 atom stereocenters. The standard InChI is InChI=1S/C11H12O/c1-8-4-3-5-9-6-7-10(12-2)11(8)9/h3-7,10H,1-2H3. The van der Waals surface area contributed by atoms with Crippen LogP contribution in [0.2, 0.25) is 0 Å². The van der Waals surface area contributed by atoms with Gasteiger partial charge in [0.1, 0.15) is 6.10 Å². The maximum absolute atomic E-state index is 5.33. The van der Waals surface area contributed by atoms with Gasteiger partial charge in [-0.1, -0.05) is 30.4 Å². The molecule has 0 spiro atoms. The summed E-state index contributed by atoms with van der Waals surface area (Å²) >= 11 is 0. The smallest absolute Gasteiger partial charge is 0.101 e. The summed E-state index contributed by atoms with van der Waals surface area (Å²) in [7, 11) is 1.75. The molecule has 0 saturated heterocycles. The fourth-order valence-electron chi connectivity index (χ4n) is 1.72. The van der Waals surface area contributed by atoms with Crippen molar-refractivity contribution in [1.82, 2.24) is 0 Å². The molecule has 0 radical (unpaired) electrons. The normalized spacial score (nSPS) is 19.7. The van der Waals surface area contributed by atoms with Crippen molar-refractivity contribution >= 4 is 6.08 Å². The predicted octanol–water partition coefficient (Wildman–Crippen LogP) is 2.71. The van der Waals surface area contributed by atoms with Crippen molar-refractivity contribution in [2.24, 2.45) is 0 Å². The highest BCUT2D eigenvalue weighted by Crippen LogP contribution is 2.32. The third-order valence-corrected chi connectivity index (χ3v) is 2.35. The maximum Gasteiger partial charge on any atom is 0.101 e. The number of ether oxygens (including phenoxy) is 1. The number of rotatable bonds is 1. The molecule has 62 valence electrons. The van der Waals surface area contributed by atoms with Crippen LogP contribution in [-0.2, 0) is 4.74 Å². The first-order valence-electron chi connectivity index (χ1n) is 4.13. The molecule has 0 saturated carbocycles. The molecule has 0 N–H and O–H groups in total. The minimum Gasteiger partial charge on any atom is -0.373 e. The van der Waals surface area contributed by atoms with E-state index in [1.54, 1.807) is 7.11 Å². The van der Waals surface area contributed by atoms with Gasteiger partial charge in [-0.15, -0.1) is 0 Å². The van der Waals surface area contributed by atoms with Gasteiger partial charge in [0.2, 0.25) is 0 Å². The minimum atomic E-state index is 0.168. The summed E-state index contributed by atoms with van der Waals surface area (Å²) in [4.78, 5) is 0. The maximum atomic E-state index is 5.33. The van der Waals surface area contributed by atoms with E-state index in [4.69, 9.17) is 4.74 Å². The number of hydrogen-bond acceptors (Lipinski definition) is 1. The molecule has 0 fully saturated rings. The fraction of sp³-hybridized carbons (Fsp3) is 0.273. The van der Waals surface area contributed by atoms with Crippen molar-refractivity contribution in [3.8, 4) is 0 Å². The molecule has 1 aliphatic rings. The Bertz CT molecular complexity index is 326. The van der Waals surface area contributed by atoms with Crippen LogP contribution in [0.1, 0.15) is 22.8 Å². The first-order chi connectivity index (χ1) is 5.83. The molecule has 1 nitrogen and oxygen atoms in total. The lowest BCUT2D eigenvalue weighted by atomic mass is 10.0. The number of methoxy groups -OCH3 is 1. The minimum absolute atomic E-state index is 0.168. The van der Waals surface area contributed by atoms with Crippen molar-refractivity contribution < 1.29 is 4.74 Å². The van der Waals surface area contributed by atoms with Crippen LogP contribution in [0.15, 0.2) is 24.3 Å². The molecule has 0 bridgehead atoms. The summed E-state index contributed by atoms with van der Waals surface area (Å²) in [5, 5.41) is 0. The van der Waals surface area contributed by atoms with Crippen molar-refractivity contribution in [3.05, 3.63) is 41.0 Å². The lowest BCUT2D eigenvalue weighted by molar-refractivity contribution is 0.145. The van der Waals surface area contributed by atoms with Gasteiger partial charge in [0.15, 0.2) is 0 Å². The molecule has 1 aromatic carbocycles. The Kier molecular flexibility index (Phi) is 1.74. The zero-order valence-corrected chi connectivity index (χ0v) is 7.37. The largest absolute Gasteiger partial charge is 0.373 e. The summed E-state index contributed by atoms with van der Waals surface area (Å²) in [6, 6.07) is 6.33. The lowest BCUT2D eigenvalue weighted by Gasteiger charge is -2.11. The Balaban J connectivity index is 2.54. The van der Waals surface area contributed by atoms with E-state index in [2.05, 4.69) is 37.3 Å². The number of hydrogen-bond donors (Lipinski definition) is 0. The first kappa shape index (κ1) is 7.56. The fourth-order valence-corrected chi connectivity index (χ4v) is 1.72. The van der Waals surface area contributed by atoms with E-state index >= 15 is 0 Å².